The van der Waals surface area contributed by atoms with Crippen LogP contribution in [0.1, 0.15) is 58.8 Å². The lowest BCUT2D eigenvalue weighted by Crippen LogP contribution is -2.32. The standard InChI is InChI=1S/C16H28FNO2/c1-3-4-5-6-7-13(2)15(17)16(19)18-12-14-8-10-20-11-9-14/h14H,3-12H2,1-2H3,(H,18,19). The summed E-state index contributed by atoms with van der Waals surface area (Å²) in [4.78, 5) is 11.7. The lowest BCUT2D eigenvalue weighted by molar-refractivity contribution is -0.119. The number of halogens is 1. The second kappa shape index (κ2) is 9.92. The van der Waals surface area contributed by atoms with Crippen molar-refractivity contribution in [3.63, 3.8) is 0 Å². The Balaban J connectivity index is 2.28. The highest BCUT2D eigenvalue weighted by molar-refractivity contribution is 5.91. The molecule has 20 heavy (non-hydrogen) atoms. The summed E-state index contributed by atoms with van der Waals surface area (Å²) in [6, 6.07) is 0. The molecule has 0 aliphatic carbocycles. The van der Waals surface area contributed by atoms with Gasteiger partial charge in [-0.15, -0.1) is 0 Å². The van der Waals surface area contributed by atoms with Gasteiger partial charge in [-0.05, 0) is 44.1 Å². The summed E-state index contributed by atoms with van der Waals surface area (Å²) < 4.78 is 19.2. The molecule has 0 spiro atoms. The molecule has 1 aliphatic heterocycles. The molecule has 116 valence electrons. The van der Waals surface area contributed by atoms with Gasteiger partial charge in [0.15, 0.2) is 5.83 Å². The topological polar surface area (TPSA) is 38.3 Å². The van der Waals surface area contributed by atoms with Crippen LogP contribution in [0.4, 0.5) is 4.39 Å². The smallest absolute Gasteiger partial charge is 0.279 e. The van der Waals surface area contributed by atoms with Crippen LogP contribution in [0.25, 0.3) is 0 Å². The number of hydrogen-bond donors (Lipinski definition) is 1. The number of allylic oxidation sites excluding steroid dienone is 1. The van der Waals surface area contributed by atoms with E-state index in [9.17, 15) is 9.18 Å². The molecule has 1 amide bonds. The molecule has 3 nitrogen and oxygen atoms in total. The predicted octanol–water partition coefficient (Wildman–Crippen LogP) is 3.74. The van der Waals surface area contributed by atoms with Crippen molar-refractivity contribution in [2.24, 2.45) is 5.92 Å². The van der Waals surface area contributed by atoms with Crippen molar-refractivity contribution < 1.29 is 13.9 Å². The Morgan fingerprint density at radius 1 is 1.25 bits per heavy atom. The maximum absolute atomic E-state index is 13.9. The van der Waals surface area contributed by atoms with E-state index in [0.29, 0.717) is 24.5 Å². The van der Waals surface area contributed by atoms with Gasteiger partial charge >= 0.3 is 0 Å². The highest BCUT2D eigenvalue weighted by Crippen LogP contribution is 2.16. The number of rotatable bonds is 8. The summed E-state index contributed by atoms with van der Waals surface area (Å²) in [6.07, 6.45) is 6.96. The zero-order chi connectivity index (χ0) is 14.8. The van der Waals surface area contributed by atoms with Gasteiger partial charge in [0.05, 0.1) is 0 Å². The van der Waals surface area contributed by atoms with Gasteiger partial charge in [-0.1, -0.05) is 26.2 Å². The van der Waals surface area contributed by atoms with E-state index in [-0.39, 0.29) is 0 Å². The summed E-state index contributed by atoms with van der Waals surface area (Å²) in [5, 5.41) is 2.71. The van der Waals surface area contributed by atoms with Crippen molar-refractivity contribution in [3.05, 3.63) is 11.4 Å². The van der Waals surface area contributed by atoms with Gasteiger partial charge in [0, 0.05) is 19.8 Å². The normalized spacial score (nSPS) is 17.8. The van der Waals surface area contributed by atoms with Crippen LogP contribution in [0.2, 0.25) is 0 Å². The fraction of sp³-hybridized carbons (Fsp3) is 0.812. The number of ether oxygens (including phenoxy) is 1. The quantitative estimate of drug-likeness (QED) is 0.545. The van der Waals surface area contributed by atoms with Gasteiger partial charge in [-0.2, -0.15) is 0 Å². The van der Waals surface area contributed by atoms with Crippen molar-refractivity contribution in [1.29, 1.82) is 0 Å². The van der Waals surface area contributed by atoms with E-state index in [1.54, 1.807) is 6.92 Å². The van der Waals surface area contributed by atoms with E-state index < -0.39 is 11.7 Å². The molecule has 0 radical (unpaired) electrons. The number of nitrogens with one attached hydrogen (secondary N) is 1. The minimum absolute atomic E-state index is 0.422. The number of carbonyl (C=O) groups excluding carboxylic acids is 1. The van der Waals surface area contributed by atoms with Gasteiger partial charge in [0.2, 0.25) is 0 Å². The number of amides is 1. The third kappa shape index (κ3) is 6.51. The van der Waals surface area contributed by atoms with Gasteiger partial charge in [-0.25, -0.2) is 4.39 Å². The SMILES string of the molecule is CCCCCCC(C)=C(F)C(=O)NCC1CCOCC1. The Hall–Kier alpha value is -0.900. The van der Waals surface area contributed by atoms with Crippen molar-refractivity contribution >= 4 is 5.91 Å². The predicted molar refractivity (Wildman–Crippen MR) is 79.1 cm³/mol. The van der Waals surface area contributed by atoms with E-state index in [1.807, 2.05) is 0 Å². The number of unbranched alkanes of at least 4 members (excludes halogenated alkanes) is 3. The van der Waals surface area contributed by atoms with Crippen LogP contribution in [0, 0.1) is 5.92 Å². The Morgan fingerprint density at radius 3 is 2.60 bits per heavy atom. The second-order valence-electron chi connectivity index (χ2n) is 5.67. The monoisotopic (exact) mass is 285 g/mol. The average molecular weight is 285 g/mol. The summed E-state index contributed by atoms with van der Waals surface area (Å²) in [6.45, 7) is 5.91. The summed E-state index contributed by atoms with van der Waals surface area (Å²) in [5.41, 5.74) is 0.575. The molecule has 0 saturated carbocycles. The molecule has 0 atom stereocenters. The third-order valence-corrected chi connectivity index (χ3v) is 3.87. The first-order valence-corrected chi connectivity index (χ1v) is 7.86. The molecule has 1 rings (SSSR count). The molecule has 1 heterocycles. The molecule has 0 aromatic rings. The number of hydrogen-bond acceptors (Lipinski definition) is 2. The minimum Gasteiger partial charge on any atom is -0.381 e. The first-order chi connectivity index (χ1) is 9.65. The molecule has 1 N–H and O–H groups in total. The zero-order valence-corrected chi connectivity index (χ0v) is 12.8. The highest BCUT2D eigenvalue weighted by Gasteiger charge is 2.17. The molecule has 0 aromatic carbocycles. The molecular weight excluding hydrogens is 257 g/mol. The Bertz CT molecular complexity index is 322. The van der Waals surface area contributed by atoms with Gasteiger partial charge < -0.3 is 10.1 Å². The lowest BCUT2D eigenvalue weighted by Gasteiger charge is -2.22. The fourth-order valence-electron chi connectivity index (χ4n) is 2.39. The summed E-state index contributed by atoms with van der Waals surface area (Å²) >= 11 is 0. The van der Waals surface area contributed by atoms with Crippen LogP contribution in [0.15, 0.2) is 11.4 Å². The van der Waals surface area contributed by atoms with Crippen LogP contribution in [0.5, 0.6) is 0 Å². The molecule has 1 aliphatic rings. The van der Waals surface area contributed by atoms with Crippen LogP contribution in [-0.2, 0) is 9.53 Å². The average Bonchev–Trinajstić information content (AvgIpc) is 2.49. The summed E-state index contributed by atoms with van der Waals surface area (Å²) in [5.74, 6) is -0.719. The van der Waals surface area contributed by atoms with Crippen molar-refractivity contribution in [1.82, 2.24) is 5.32 Å². The molecule has 0 unspecified atom stereocenters. The van der Waals surface area contributed by atoms with Crippen molar-refractivity contribution in [2.45, 2.75) is 58.8 Å². The van der Waals surface area contributed by atoms with Crippen LogP contribution < -0.4 is 5.32 Å². The highest BCUT2D eigenvalue weighted by atomic mass is 19.1. The molecule has 0 aromatic heterocycles. The molecule has 1 fully saturated rings. The van der Waals surface area contributed by atoms with Gasteiger partial charge in [-0.3, -0.25) is 4.79 Å². The second-order valence-corrected chi connectivity index (χ2v) is 5.67. The lowest BCUT2D eigenvalue weighted by atomic mass is 10.0. The third-order valence-electron chi connectivity index (χ3n) is 3.87. The minimum atomic E-state index is -0.589. The maximum Gasteiger partial charge on any atom is 0.279 e. The molecule has 0 bridgehead atoms. The van der Waals surface area contributed by atoms with Crippen molar-refractivity contribution in [2.75, 3.05) is 19.8 Å². The number of carbonyl (C=O) groups is 1. The van der Waals surface area contributed by atoms with E-state index in [2.05, 4.69) is 12.2 Å². The van der Waals surface area contributed by atoms with Crippen LogP contribution >= 0.6 is 0 Å². The van der Waals surface area contributed by atoms with E-state index >= 15 is 0 Å². The van der Waals surface area contributed by atoms with Crippen molar-refractivity contribution in [3.8, 4) is 0 Å². The van der Waals surface area contributed by atoms with Crippen LogP contribution in [0.3, 0.4) is 0 Å². The first-order valence-electron chi connectivity index (χ1n) is 7.86. The maximum atomic E-state index is 13.9. The fourth-order valence-corrected chi connectivity index (χ4v) is 2.39. The zero-order valence-electron chi connectivity index (χ0n) is 12.8. The van der Waals surface area contributed by atoms with E-state index in [1.165, 1.54) is 6.42 Å². The molecular formula is C16H28FNO2. The largest absolute Gasteiger partial charge is 0.381 e. The van der Waals surface area contributed by atoms with E-state index in [4.69, 9.17) is 4.74 Å². The first kappa shape index (κ1) is 17.2. The Labute approximate surface area is 122 Å². The van der Waals surface area contributed by atoms with Gasteiger partial charge in [0.25, 0.3) is 5.91 Å². The summed E-state index contributed by atoms with van der Waals surface area (Å²) in [7, 11) is 0. The Morgan fingerprint density at radius 2 is 1.95 bits per heavy atom. The van der Waals surface area contributed by atoms with Gasteiger partial charge in [0.1, 0.15) is 0 Å². The Kier molecular flexibility index (Phi) is 8.51. The molecule has 4 heteroatoms. The van der Waals surface area contributed by atoms with E-state index in [0.717, 1.165) is 45.3 Å². The molecule has 1 saturated heterocycles. The van der Waals surface area contributed by atoms with Crippen LogP contribution in [-0.4, -0.2) is 25.7 Å².